The second kappa shape index (κ2) is 6.65. The summed E-state index contributed by atoms with van der Waals surface area (Å²) in [5.41, 5.74) is 0.0424. The van der Waals surface area contributed by atoms with Gasteiger partial charge in [-0.1, -0.05) is 0 Å². The highest BCUT2D eigenvalue weighted by Crippen LogP contribution is 2.44. The minimum absolute atomic E-state index is 0.0424. The molecule has 4 nitrogen and oxygen atoms in total. The van der Waals surface area contributed by atoms with Crippen LogP contribution in [0.15, 0.2) is 11.4 Å². The van der Waals surface area contributed by atoms with Crippen molar-refractivity contribution in [1.29, 1.82) is 0 Å². The standard InChI is InChI=1S/C16H25NO3S/c1-17-14(15-13(18-2)4-10-21-15)12-3-7-20-16(11-12)5-8-19-9-6-16/h4,10,12,14,17H,3,5-9,11H2,1-2H3. The normalized spacial score (nSPS) is 26.7. The van der Waals surface area contributed by atoms with Crippen LogP contribution in [0.5, 0.6) is 5.75 Å². The molecule has 2 atom stereocenters. The molecule has 1 aromatic rings. The summed E-state index contributed by atoms with van der Waals surface area (Å²) < 4.78 is 17.2. The largest absolute Gasteiger partial charge is 0.496 e. The topological polar surface area (TPSA) is 39.7 Å². The minimum atomic E-state index is 0.0424. The van der Waals surface area contributed by atoms with Gasteiger partial charge in [-0.15, -0.1) is 11.3 Å². The molecule has 0 radical (unpaired) electrons. The third-order valence-corrected chi connectivity index (χ3v) is 5.86. The summed E-state index contributed by atoms with van der Waals surface area (Å²) in [7, 11) is 3.80. The molecule has 0 aromatic carbocycles. The Balaban J connectivity index is 1.77. The van der Waals surface area contributed by atoms with E-state index in [2.05, 4.69) is 23.8 Å². The van der Waals surface area contributed by atoms with E-state index >= 15 is 0 Å². The molecule has 3 heterocycles. The maximum Gasteiger partial charge on any atom is 0.134 e. The van der Waals surface area contributed by atoms with Gasteiger partial charge in [0.25, 0.3) is 0 Å². The van der Waals surface area contributed by atoms with Crippen LogP contribution in [0.3, 0.4) is 0 Å². The molecule has 3 rings (SSSR count). The van der Waals surface area contributed by atoms with Gasteiger partial charge in [0.1, 0.15) is 5.75 Å². The number of hydrogen-bond acceptors (Lipinski definition) is 5. The first kappa shape index (κ1) is 15.3. The summed E-state index contributed by atoms with van der Waals surface area (Å²) in [6.45, 7) is 2.52. The molecule has 0 saturated carbocycles. The van der Waals surface area contributed by atoms with Crippen LogP contribution in [0.2, 0.25) is 0 Å². The van der Waals surface area contributed by atoms with E-state index < -0.39 is 0 Å². The van der Waals surface area contributed by atoms with Crippen molar-refractivity contribution in [1.82, 2.24) is 5.32 Å². The Morgan fingerprint density at radius 2 is 2.19 bits per heavy atom. The molecule has 0 aliphatic carbocycles. The van der Waals surface area contributed by atoms with Gasteiger partial charge in [0.15, 0.2) is 0 Å². The third kappa shape index (κ3) is 3.11. The minimum Gasteiger partial charge on any atom is -0.496 e. The zero-order chi connectivity index (χ0) is 14.7. The van der Waals surface area contributed by atoms with E-state index in [4.69, 9.17) is 14.2 Å². The molecule has 0 bridgehead atoms. The molecule has 21 heavy (non-hydrogen) atoms. The maximum absolute atomic E-state index is 6.17. The van der Waals surface area contributed by atoms with Crippen molar-refractivity contribution in [2.75, 3.05) is 34.0 Å². The van der Waals surface area contributed by atoms with Crippen molar-refractivity contribution in [2.24, 2.45) is 5.92 Å². The predicted molar refractivity (Wildman–Crippen MR) is 84.1 cm³/mol. The molecule has 2 saturated heterocycles. The molecule has 2 aliphatic heterocycles. The van der Waals surface area contributed by atoms with Gasteiger partial charge in [0.05, 0.1) is 17.6 Å². The first-order valence-electron chi connectivity index (χ1n) is 7.78. The summed E-state index contributed by atoms with van der Waals surface area (Å²) in [6, 6.07) is 2.41. The van der Waals surface area contributed by atoms with Crippen molar-refractivity contribution in [2.45, 2.75) is 37.3 Å². The molecule has 5 heteroatoms. The van der Waals surface area contributed by atoms with Crippen LogP contribution in [0.4, 0.5) is 0 Å². The number of ether oxygens (including phenoxy) is 3. The maximum atomic E-state index is 6.17. The number of methoxy groups -OCH3 is 1. The van der Waals surface area contributed by atoms with Gasteiger partial charge in [0, 0.05) is 25.9 Å². The number of rotatable bonds is 4. The van der Waals surface area contributed by atoms with Gasteiger partial charge in [-0.3, -0.25) is 0 Å². The summed E-state index contributed by atoms with van der Waals surface area (Å²) in [4.78, 5) is 1.31. The van der Waals surface area contributed by atoms with Gasteiger partial charge in [-0.2, -0.15) is 0 Å². The summed E-state index contributed by atoms with van der Waals surface area (Å²) >= 11 is 1.78. The molecule has 1 spiro atoms. The van der Waals surface area contributed by atoms with Gasteiger partial charge >= 0.3 is 0 Å². The second-order valence-electron chi connectivity index (χ2n) is 6.02. The molecule has 2 unspecified atom stereocenters. The Bertz CT molecular complexity index is 451. The molecule has 1 aromatic heterocycles. The van der Waals surface area contributed by atoms with E-state index in [0.717, 1.165) is 51.3 Å². The summed E-state index contributed by atoms with van der Waals surface area (Å²) in [5, 5.41) is 5.63. The zero-order valence-electron chi connectivity index (χ0n) is 12.9. The van der Waals surface area contributed by atoms with Crippen LogP contribution in [0, 0.1) is 5.92 Å². The van der Waals surface area contributed by atoms with Crippen LogP contribution in [-0.2, 0) is 9.47 Å². The molecule has 2 aliphatic rings. The number of hydrogen-bond donors (Lipinski definition) is 1. The lowest BCUT2D eigenvalue weighted by atomic mass is 9.77. The highest BCUT2D eigenvalue weighted by atomic mass is 32.1. The van der Waals surface area contributed by atoms with E-state index in [1.54, 1.807) is 18.4 Å². The molecular weight excluding hydrogens is 286 g/mol. The summed E-state index contributed by atoms with van der Waals surface area (Å²) in [5.74, 6) is 1.60. The van der Waals surface area contributed by atoms with Crippen molar-refractivity contribution in [3.05, 3.63) is 16.3 Å². The van der Waals surface area contributed by atoms with Crippen molar-refractivity contribution >= 4 is 11.3 Å². The van der Waals surface area contributed by atoms with Gasteiger partial charge in [0.2, 0.25) is 0 Å². The smallest absolute Gasteiger partial charge is 0.134 e. The lowest BCUT2D eigenvalue weighted by Gasteiger charge is -2.45. The van der Waals surface area contributed by atoms with Crippen LogP contribution in [0.1, 0.15) is 36.6 Å². The molecule has 1 N–H and O–H groups in total. The molecular formula is C16H25NO3S. The van der Waals surface area contributed by atoms with Crippen LogP contribution >= 0.6 is 11.3 Å². The SMILES string of the molecule is CNC(c1sccc1OC)C1CCOC2(CCOCC2)C1. The van der Waals surface area contributed by atoms with Gasteiger partial charge in [-0.25, -0.2) is 0 Å². The van der Waals surface area contributed by atoms with E-state index in [1.807, 2.05) is 0 Å². The average Bonchev–Trinajstić information content (AvgIpc) is 2.97. The van der Waals surface area contributed by atoms with E-state index in [1.165, 1.54) is 4.88 Å². The Hall–Kier alpha value is -0.620. The fourth-order valence-electron chi connectivity index (χ4n) is 3.73. The van der Waals surface area contributed by atoms with Crippen LogP contribution in [0.25, 0.3) is 0 Å². The van der Waals surface area contributed by atoms with E-state index in [-0.39, 0.29) is 5.60 Å². The Labute approximate surface area is 130 Å². The highest BCUT2D eigenvalue weighted by Gasteiger charge is 2.41. The highest BCUT2D eigenvalue weighted by molar-refractivity contribution is 7.10. The van der Waals surface area contributed by atoms with Crippen molar-refractivity contribution < 1.29 is 14.2 Å². The first-order chi connectivity index (χ1) is 10.3. The molecule has 2 fully saturated rings. The van der Waals surface area contributed by atoms with Crippen LogP contribution in [-0.4, -0.2) is 39.6 Å². The Morgan fingerprint density at radius 1 is 1.38 bits per heavy atom. The lowest BCUT2D eigenvalue weighted by Crippen LogP contribution is -2.46. The molecule has 118 valence electrons. The predicted octanol–water partition coefficient (Wildman–Crippen LogP) is 2.99. The van der Waals surface area contributed by atoms with E-state index in [0.29, 0.717) is 12.0 Å². The third-order valence-electron chi connectivity index (χ3n) is 4.88. The average molecular weight is 311 g/mol. The van der Waals surface area contributed by atoms with Crippen molar-refractivity contribution in [3.63, 3.8) is 0 Å². The second-order valence-corrected chi connectivity index (χ2v) is 6.96. The van der Waals surface area contributed by atoms with Gasteiger partial charge in [-0.05, 0) is 50.1 Å². The lowest BCUT2D eigenvalue weighted by molar-refractivity contribution is -0.150. The Kier molecular flexibility index (Phi) is 4.84. The molecule has 0 amide bonds. The zero-order valence-corrected chi connectivity index (χ0v) is 13.7. The monoisotopic (exact) mass is 311 g/mol. The fourth-order valence-corrected chi connectivity index (χ4v) is 4.79. The van der Waals surface area contributed by atoms with E-state index in [9.17, 15) is 0 Å². The number of thiophene rings is 1. The van der Waals surface area contributed by atoms with Crippen molar-refractivity contribution in [3.8, 4) is 5.75 Å². The fraction of sp³-hybridized carbons (Fsp3) is 0.750. The number of nitrogens with one attached hydrogen (secondary N) is 1. The van der Waals surface area contributed by atoms with Gasteiger partial charge < -0.3 is 19.5 Å². The first-order valence-corrected chi connectivity index (χ1v) is 8.66. The van der Waals surface area contributed by atoms with Crippen LogP contribution < -0.4 is 10.1 Å². The summed E-state index contributed by atoms with van der Waals surface area (Å²) in [6.07, 6.45) is 4.28. The quantitative estimate of drug-likeness (QED) is 0.928. The Morgan fingerprint density at radius 3 is 2.90 bits per heavy atom.